The summed E-state index contributed by atoms with van der Waals surface area (Å²) in [4.78, 5) is 12.5. The number of nitrogens with zero attached hydrogens (tertiary/aromatic N) is 4. The molecule has 0 atom stereocenters. The van der Waals surface area contributed by atoms with Crippen LogP contribution in [0.25, 0.3) is 5.69 Å². The lowest BCUT2D eigenvalue weighted by Crippen LogP contribution is -2.14. The Bertz CT molecular complexity index is 873. The van der Waals surface area contributed by atoms with Gasteiger partial charge in [0.2, 0.25) is 0 Å². The number of nitrogens with one attached hydrogen (secondary N) is 1. The second kappa shape index (κ2) is 6.23. The van der Waals surface area contributed by atoms with Gasteiger partial charge in [0.05, 0.1) is 5.69 Å². The Kier molecular flexibility index (Phi) is 3.78. The molecule has 24 heavy (non-hydrogen) atoms. The lowest BCUT2D eigenvalue weighted by Gasteiger charge is -2.16. The zero-order valence-corrected chi connectivity index (χ0v) is 13.1. The number of aromatic nitrogens is 4. The summed E-state index contributed by atoms with van der Waals surface area (Å²) in [7, 11) is 0. The number of amides is 1. The first-order chi connectivity index (χ1) is 11.8. The van der Waals surface area contributed by atoms with Crippen molar-refractivity contribution in [1.82, 2.24) is 20.2 Å². The molecule has 6 nitrogen and oxygen atoms in total. The van der Waals surface area contributed by atoms with Crippen molar-refractivity contribution in [3.63, 3.8) is 0 Å². The minimum absolute atomic E-state index is 0.0998. The van der Waals surface area contributed by atoms with Crippen LogP contribution in [0.4, 0.5) is 5.69 Å². The van der Waals surface area contributed by atoms with Crippen molar-refractivity contribution in [2.45, 2.75) is 25.7 Å². The van der Waals surface area contributed by atoms with Crippen LogP contribution in [-0.2, 0) is 12.8 Å². The Morgan fingerprint density at radius 2 is 1.92 bits per heavy atom. The molecule has 120 valence electrons. The fourth-order valence-corrected chi connectivity index (χ4v) is 3.08. The van der Waals surface area contributed by atoms with Crippen molar-refractivity contribution in [1.29, 1.82) is 0 Å². The van der Waals surface area contributed by atoms with E-state index in [1.54, 1.807) is 4.68 Å². The van der Waals surface area contributed by atoms with E-state index >= 15 is 0 Å². The Hall–Kier alpha value is -3.02. The third kappa shape index (κ3) is 2.90. The summed E-state index contributed by atoms with van der Waals surface area (Å²) in [5.74, 6) is -0.0998. The summed E-state index contributed by atoms with van der Waals surface area (Å²) in [6.07, 6.45) is 6.13. The van der Waals surface area contributed by atoms with Gasteiger partial charge in [-0.15, -0.1) is 5.10 Å². The summed E-state index contributed by atoms with van der Waals surface area (Å²) in [5, 5.41) is 14.0. The molecule has 2 aromatic carbocycles. The Morgan fingerprint density at radius 1 is 1.04 bits per heavy atom. The molecule has 0 unspecified atom stereocenters. The smallest absolute Gasteiger partial charge is 0.255 e. The van der Waals surface area contributed by atoms with E-state index in [9.17, 15) is 4.79 Å². The van der Waals surface area contributed by atoms with E-state index < -0.39 is 0 Å². The van der Waals surface area contributed by atoms with Crippen molar-refractivity contribution >= 4 is 11.6 Å². The molecule has 1 amide bonds. The number of aryl methyl sites for hydroxylation is 2. The maximum absolute atomic E-state index is 12.5. The highest BCUT2D eigenvalue weighted by Gasteiger charge is 2.13. The molecular weight excluding hydrogens is 302 g/mol. The largest absolute Gasteiger partial charge is 0.322 e. The van der Waals surface area contributed by atoms with E-state index in [4.69, 9.17) is 0 Å². The van der Waals surface area contributed by atoms with Crippen molar-refractivity contribution < 1.29 is 4.79 Å². The van der Waals surface area contributed by atoms with Crippen LogP contribution in [-0.4, -0.2) is 26.1 Å². The highest BCUT2D eigenvalue weighted by atomic mass is 16.1. The maximum Gasteiger partial charge on any atom is 0.255 e. The topological polar surface area (TPSA) is 72.7 Å². The summed E-state index contributed by atoms with van der Waals surface area (Å²) in [6, 6.07) is 13.4. The molecule has 1 aromatic heterocycles. The average molecular weight is 319 g/mol. The van der Waals surface area contributed by atoms with Crippen molar-refractivity contribution in [2.24, 2.45) is 0 Å². The number of carbonyl (C=O) groups excluding carboxylic acids is 1. The zero-order chi connectivity index (χ0) is 16.4. The van der Waals surface area contributed by atoms with Gasteiger partial charge in [-0.1, -0.05) is 12.1 Å². The number of rotatable bonds is 3. The van der Waals surface area contributed by atoms with Gasteiger partial charge in [-0.2, -0.15) is 0 Å². The highest BCUT2D eigenvalue weighted by Crippen LogP contribution is 2.23. The van der Waals surface area contributed by atoms with Crippen molar-refractivity contribution in [3.8, 4) is 5.69 Å². The monoisotopic (exact) mass is 319 g/mol. The molecule has 0 fully saturated rings. The van der Waals surface area contributed by atoms with Crippen LogP contribution < -0.4 is 5.32 Å². The van der Waals surface area contributed by atoms with Gasteiger partial charge in [-0.25, -0.2) is 4.68 Å². The number of carbonyl (C=O) groups is 1. The second-order valence-corrected chi connectivity index (χ2v) is 5.95. The number of anilines is 1. The van der Waals surface area contributed by atoms with E-state index in [0.717, 1.165) is 18.5 Å². The van der Waals surface area contributed by atoms with Crippen LogP contribution in [0.15, 0.2) is 48.8 Å². The van der Waals surface area contributed by atoms with Crippen LogP contribution in [0, 0.1) is 0 Å². The first kappa shape index (κ1) is 14.6. The highest BCUT2D eigenvalue weighted by molar-refractivity contribution is 6.04. The summed E-state index contributed by atoms with van der Waals surface area (Å²) < 4.78 is 1.55. The lowest BCUT2D eigenvalue weighted by atomic mass is 9.90. The molecule has 4 rings (SSSR count). The first-order valence-corrected chi connectivity index (χ1v) is 8.06. The van der Waals surface area contributed by atoms with Crippen LogP contribution >= 0.6 is 0 Å². The molecule has 1 heterocycles. The van der Waals surface area contributed by atoms with Crippen LogP contribution in [0.1, 0.15) is 34.3 Å². The van der Waals surface area contributed by atoms with Crippen LogP contribution in [0.5, 0.6) is 0 Å². The number of hydrogen-bond acceptors (Lipinski definition) is 4. The van der Waals surface area contributed by atoms with Crippen LogP contribution in [0.2, 0.25) is 0 Å². The third-order valence-electron chi connectivity index (χ3n) is 4.33. The normalized spacial score (nSPS) is 13.3. The number of hydrogen-bond donors (Lipinski definition) is 1. The summed E-state index contributed by atoms with van der Waals surface area (Å²) >= 11 is 0. The molecule has 0 spiro atoms. The van der Waals surface area contributed by atoms with E-state index in [1.807, 2.05) is 36.4 Å². The van der Waals surface area contributed by atoms with E-state index in [1.165, 1.54) is 30.3 Å². The molecule has 1 aliphatic carbocycles. The SMILES string of the molecule is O=C(Nc1cccc(-n2cnnn2)c1)c1ccc2c(c1)CCCC2. The maximum atomic E-state index is 12.5. The molecule has 6 heteroatoms. The Morgan fingerprint density at radius 3 is 2.75 bits per heavy atom. The van der Waals surface area contributed by atoms with Crippen molar-refractivity contribution in [3.05, 3.63) is 65.5 Å². The Labute approximate surface area is 139 Å². The number of fused-ring (bicyclic) bond motifs is 1. The van der Waals surface area contributed by atoms with Gasteiger partial charge in [0.15, 0.2) is 0 Å². The second-order valence-electron chi connectivity index (χ2n) is 5.95. The summed E-state index contributed by atoms with van der Waals surface area (Å²) in [6.45, 7) is 0. The molecular formula is C18H17N5O. The Balaban J connectivity index is 1.55. The van der Waals surface area contributed by atoms with E-state index in [-0.39, 0.29) is 5.91 Å². The van der Waals surface area contributed by atoms with Gasteiger partial charge in [-0.05, 0) is 77.6 Å². The fraction of sp³-hybridized carbons (Fsp3) is 0.222. The predicted octanol–water partition coefficient (Wildman–Crippen LogP) is 2.79. The molecule has 3 aromatic rings. The minimum Gasteiger partial charge on any atom is -0.322 e. The average Bonchev–Trinajstić information content (AvgIpc) is 3.16. The molecule has 1 N–H and O–H groups in total. The number of tetrazole rings is 1. The van der Waals surface area contributed by atoms with Gasteiger partial charge >= 0.3 is 0 Å². The quantitative estimate of drug-likeness (QED) is 0.805. The molecule has 0 saturated heterocycles. The number of benzene rings is 2. The predicted molar refractivity (Wildman–Crippen MR) is 90.2 cm³/mol. The van der Waals surface area contributed by atoms with Gasteiger partial charge in [0.25, 0.3) is 5.91 Å². The van der Waals surface area contributed by atoms with Gasteiger partial charge in [0.1, 0.15) is 6.33 Å². The first-order valence-electron chi connectivity index (χ1n) is 8.06. The molecule has 0 aliphatic heterocycles. The van der Waals surface area contributed by atoms with E-state index in [0.29, 0.717) is 11.3 Å². The molecule has 0 radical (unpaired) electrons. The van der Waals surface area contributed by atoms with Crippen molar-refractivity contribution in [2.75, 3.05) is 5.32 Å². The molecule has 0 saturated carbocycles. The fourth-order valence-electron chi connectivity index (χ4n) is 3.08. The van der Waals surface area contributed by atoms with Gasteiger partial charge in [-0.3, -0.25) is 4.79 Å². The minimum atomic E-state index is -0.0998. The van der Waals surface area contributed by atoms with Gasteiger partial charge < -0.3 is 5.32 Å². The standard InChI is InChI=1S/C18H17N5O/c24-18(15-9-8-13-4-1-2-5-14(13)10-15)20-16-6-3-7-17(11-16)23-12-19-21-22-23/h3,6-12H,1-2,4-5H2,(H,20,24). The van der Waals surface area contributed by atoms with Gasteiger partial charge in [0, 0.05) is 11.3 Å². The zero-order valence-electron chi connectivity index (χ0n) is 13.1. The third-order valence-corrected chi connectivity index (χ3v) is 4.33. The lowest BCUT2D eigenvalue weighted by molar-refractivity contribution is 0.102. The van der Waals surface area contributed by atoms with Crippen LogP contribution in [0.3, 0.4) is 0 Å². The molecule has 0 bridgehead atoms. The molecule has 1 aliphatic rings. The van der Waals surface area contributed by atoms with E-state index in [2.05, 4.69) is 26.9 Å². The summed E-state index contributed by atoms with van der Waals surface area (Å²) in [5.41, 5.74) is 4.88.